The second kappa shape index (κ2) is 9.12. The number of halogens is 1. The highest BCUT2D eigenvalue weighted by Gasteiger charge is 2.24. The van der Waals surface area contributed by atoms with Gasteiger partial charge in [-0.05, 0) is 31.0 Å². The van der Waals surface area contributed by atoms with Crippen molar-refractivity contribution >= 4 is 23.1 Å². The van der Waals surface area contributed by atoms with E-state index in [9.17, 15) is 18.8 Å². The highest BCUT2D eigenvalue weighted by molar-refractivity contribution is 5.90. The smallest absolute Gasteiger partial charge is 0.333 e. The Kier molecular flexibility index (Phi) is 6.56. The molecule has 30 heavy (non-hydrogen) atoms. The molecule has 1 fully saturated rings. The van der Waals surface area contributed by atoms with Crippen LogP contribution in [0.3, 0.4) is 0 Å². The van der Waals surface area contributed by atoms with Crippen LogP contribution in [0.5, 0.6) is 0 Å². The van der Waals surface area contributed by atoms with Crippen LogP contribution < -0.4 is 27.2 Å². The SMILES string of the molecule is CCCn1c(N)c(N2CCOCC2)c(=O)n(CC(=O)Nc2ccc(C)c(F)c2)c1=O. The van der Waals surface area contributed by atoms with Crippen molar-refractivity contribution in [2.45, 2.75) is 33.4 Å². The average molecular weight is 419 g/mol. The lowest BCUT2D eigenvalue weighted by Gasteiger charge is -2.30. The summed E-state index contributed by atoms with van der Waals surface area (Å²) < 4.78 is 21.2. The van der Waals surface area contributed by atoms with Crippen molar-refractivity contribution in [2.24, 2.45) is 0 Å². The van der Waals surface area contributed by atoms with Gasteiger partial charge in [0.15, 0.2) is 0 Å². The van der Waals surface area contributed by atoms with E-state index in [1.165, 1.54) is 16.7 Å². The van der Waals surface area contributed by atoms with Gasteiger partial charge >= 0.3 is 5.69 Å². The van der Waals surface area contributed by atoms with Crippen molar-refractivity contribution in [1.29, 1.82) is 0 Å². The number of benzene rings is 1. The Morgan fingerprint density at radius 2 is 1.93 bits per heavy atom. The first-order chi connectivity index (χ1) is 14.3. The van der Waals surface area contributed by atoms with E-state index in [0.717, 1.165) is 4.57 Å². The Morgan fingerprint density at radius 3 is 2.57 bits per heavy atom. The lowest BCUT2D eigenvalue weighted by atomic mass is 10.2. The fraction of sp³-hybridized carbons (Fsp3) is 0.450. The summed E-state index contributed by atoms with van der Waals surface area (Å²) in [4.78, 5) is 40.3. The van der Waals surface area contributed by atoms with Crippen LogP contribution in [-0.2, 0) is 22.6 Å². The van der Waals surface area contributed by atoms with Gasteiger partial charge in [0.1, 0.15) is 23.9 Å². The molecule has 1 aliphatic rings. The Morgan fingerprint density at radius 1 is 1.23 bits per heavy atom. The number of amides is 1. The maximum atomic E-state index is 13.7. The van der Waals surface area contributed by atoms with Crippen LogP contribution in [0.4, 0.5) is 21.6 Å². The Labute approximate surface area is 172 Å². The Balaban J connectivity index is 1.97. The number of anilines is 3. The number of carbonyl (C=O) groups is 1. The summed E-state index contributed by atoms with van der Waals surface area (Å²) in [7, 11) is 0. The quantitative estimate of drug-likeness (QED) is 0.720. The third kappa shape index (κ3) is 4.38. The molecule has 0 aliphatic carbocycles. The number of hydrogen-bond donors (Lipinski definition) is 2. The number of hydrogen-bond acceptors (Lipinski definition) is 6. The van der Waals surface area contributed by atoms with Crippen molar-refractivity contribution in [3.63, 3.8) is 0 Å². The molecule has 0 radical (unpaired) electrons. The van der Waals surface area contributed by atoms with Gasteiger partial charge < -0.3 is 20.7 Å². The van der Waals surface area contributed by atoms with E-state index in [1.807, 2.05) is 6.92 Å². The van der Waals surface area contributed by atoms with E-state index in [2.05, 4.69) is 5.32 Å². The van der Waals surface area contributed by atoms with Crippen molar-refractivity contribution < 1.29 is 13.9 Å². The molecule has 2 aromatic rings. The zero-order chi connectivity index (χ0) is 21.8. The molecule has 1 amide bonds. The largest absolute Gasteiger partial charge is 0.383 e. The van der Waals surface area contributed by atoms with Crippen LogP contribution in [-0.4, -0.2) is 41.3 Å². The van der Waals surface area contributed by atoms with Gasteiger partial charge in [-0.2, -0.15) is 0 Å². The van der Waals surface area contributed by atoms with Gasteiger partial charge in [-0.15, -0.1) is 0 Å². The molecule has 1 aliphatic heterocycles. The fourth-order valence-electron chi connectivity index (χ4n) is 3.38. The predicted molar refractivity (Wildman–Crippen MR) is 112 cm³/mol. The summed E-state index contributed by atoms with van der Waals surface area (Å²) in [5, 5.41) is 2.53. The molecular weight excluding hydrogens is 393 g/mol. The number of aryl methyl sites for hydroxylation is 1. The van der Waals surface area contributed by atoms with Crippen LogP contribution in [0.1, 0.15) is 18.9 Å². The maximum absolute atomic E-state index is 13.7. The van der Waals surface area contributed by atoms with E-state index in [4.69, 9.17) is 10.5 Å². The summed E-state index contributed by atoms with van der Waals surface area (Å²) in [5.74, 6) is -0.985. The Bertz CT molecular complexity index is 1060. The van der Waals surface area contributed by atoms with Gasteiger partial charge in [0, 0.05) is 25.3 Å². The number of morpholine rings is 1. The summed E-state index contributed by atoms with van der Waals surface area (Å²) in [6.45, 7) is 5.09. The molecule has 0 spiro atoms. The van der Waals surface area contributed by atoms with Gasteiger partial charge in [0.05, 0.1) is 13.2 Å². The molecule has 1 aromatic heterocycles. The van der Waals surface area contributed by atoms with Crippen molar-refractivity contribution in [3.05, 3.63) is 50.4 Å². The van der Waals surface area contributed by atoms with Crippen LogP contribution in [0.15, 0.2) is 27.8 Å². The topological polar surface area (TPSA) is 112 Å². The molecule has 0 atom stereocenters. The summed E-state index contributed by atoms with van der Waals surface area (Å²) in [6, 6.07) is 4.27. The van der Waals surface area contributed by atoms with Gasteiger partial charge in [0.25, 0.3) is 5.56 Å². The van der Waals surface area contributed by atoms with Crippen molar-refractivity contribution in [1.82, 2.24) is 9.13 Å². The van der Waals surface area contributed by atoms with Crippen LogP contribution >= 0.6 is 0 Å². The molecular formula is C20H26FN5O4. The van der Waals surface area contributed by atoms with E-state index in [0.29, 0.717) is 44.8 Å². The molecule has 3 N–H and O–H groups in total. The number of rotatable bonds is 6. The molecule has 10 heteroatoms. The van der Waals surface area contributed by atoms with Gasteiger partial charge in [-0.25, -0.2) is 13.8 Å². The van der Waals surface area contributed by atoms with E-state index >= 15 is 0 Å². The standard InChI is InChI=1S/C20H26FN5O4/c1-3-6-25-18(22)17(24-7-9-30-10-8-24)19(28)26(20(25)29)12-16(27)23-14-5-4-13(2)15(21)11-14/h4-5,11H,3,6-10,12,22H2,1-2H3,(H,23,27). The molecule has 162 valence electrons. The second-order valence-electron chi connectivity index (χ2n) is 7.17. The molecule has 2 heterocycles. The number of nitrogens with one attached hydrogen (secondary N) is 1. The van der Waals surface area contributed by atoms with Gasteiger partial charge in [0.2, 0.25) is 5.91 Å². The van der Waals surface area contributed by atoms with Crippen molar-refractivity contribution in [2.75, 3.05) is 42.3 Å². The zero-order valence-corrected chi connectivity index (χ0v) is 17.1. The average Bonchev–Trinajstić information content (AvgIpc) is 2.72. The van der Waals surface area contributed by atoms with Crippen LogP contribution in [0, 0.1) is 12.7 Å². The van der Waals surface area contributed by atoms with Crippen molar-refractivity contribution in [3.8, 4) is 0 Å². The number of nitrogens with two attached hydrogens (primary N) is 1. The summed E-state index contributed by atoms with van der Waals surface area (Å²) >= 11 is 0. The first-order valence-electron chi connectivity index (χ1n) is 9.85. The normalized spacial score (nSPS) is 14.0. The minimum Gasteiger partial charge on any atom is -0.383 e. The number of nitrogens with zero attached hydrogens (tertiary/aromatic N) is 3. The fourth-order valence-corrected chi connectivity index (χ4v) is 3.38. The van der Waals surface area contributed by atoms with Crippen LogP contribution in [0.2, 0.25) is 0 Å². The van der Waals surface area contributed by atoms with E-state index < -0.39 is 29.5 Å². The highest BCUT2D eigenvalue weighted by atomic mass is 19.1. The first kappa shape index (κ1) is 21.6. The Hall–Kier alpha value is -3.14. The number of nitrogen functional groups attached to an aromatic ring is 1. The lowest BCUT2D eigenvalue weighted by Crippen LogP contribution is -2.48. The number of aromatic nitrogens is 2. The maximum Gasteiger partial charge on any atom is 0.333 e. The van der Waals surface area contributed by atoms with E-state index in [-0.39, 0.29) is 17.2 Å². The monoisotopic (exact) mass is 419 g/mol. The minimum absolute atomic E-state index is 0.0889. The lowest BCUT2D eigenvalue weighted by molar-refractivity contribution is -0.116. The third-order valence-electron chi connectivity index (χ3n) is 4.97. The molecule has 0 unspecified atom stereocenters. The predicted octanol–water partition coefficient (Wildman–Crippen LogP) is 0.925. The first-order valence-corrected chi connectivity index (χ1v) is 9.85. The van der Waals surface area contributed by atoms with Gasteiger partial charge in [-0.3, -0.25) is 14.2 Å². The highest BCUT2D eigenvalue weighted by Crippen LogP contribution is 2.19. The van der Waals surface area contributed by atoms with Gasteiger partial charge in [-0.1, -0.05) is 13.0 Å². The second-order valence-corrected chi connectivity index (χ2v) is 7.17. The van der Waals surface area contributed by atoms with Crippen LogP contribution in [0.25, 0.3) is 0 Å². The van der Waals surface area contributed by atoms with E-state index in [1.54, 1.807) is 17.9 Å². The molecule has 1 aromatic carbocycles. The molecule has 9 nitrogen and oxygen atoms in total. The third-order valence-corrected chi connectivity index (χ3v) is 4.97. The zero-order valence-electron chi connectivity index (χ0n) is 17.1. The summed E-state index contributed by atoms with van der Waals surface area (Å²) in [5.41, 5.74) is 5.79. The molecule has 0 bridgehead atoms. The summed E-state index contributed by atoms with van der Waals surface area (Å²) in [6.07, 6.45) is 0.625. The minimum atomic E-state index is -0.651. The number of ether oxygens (including phenoxy) is 1. The molecule has 0 saturated carbocycles. The number of carbonyl (C=O) groups excluding carboxylic acids is 1. The molecule has 1 saturated heterocycles. The molecule has 3 rings (SSSR count).